The Kier molecular flexibility index (Phi) is 10.6. The highest BCUT2D eigenvalue weighted by Crippen LogP contribution is 2.14. The maximum Gasteiger partial charge on any atom is 0.237 e. The number of amides is 1. The van der Waals surface area contributed by atoms with Crippen LogP contribution in [0.2, 0.25) is 0 Å². The highest BCUT2D eigenvalue weighted by molar-refractivity contribution is 5.84. The Morgan fingerprint density at radius 1 is 1.10 bits per heavy atom. The van der Waals surface area contributed by atoms with E-state index in [1.807, 2.05) is 20.8 Å². The summed E-state index contributed by atoms with van der Waals surface area (Å²) in [6.07, 6.45) is 2.56. The van der Waals surface area contributed by atoms with Gasteiger partial charge in [-0.05, 0) is 46.0 Å². The lowest BCUT2D eigenvalue weighted by atomic mass is 9.93. The number of hydrogen-bond donors (Lipinski definition) is 2. The highest BCUT2D eigenvalue weighted by Gasteiger charge is 2.30. The molecule has 0 saturated heterocycles. The smallest absolute Gasteiger partial charge is 0.237 e. The van der Waals surface area contributed by atoms with Crippen LogP contribution in [0.5, 0.6) is 0 Å². The Bertz CT molecular complexity index is 283. The third-order valence-electron chi connectivity index (χ3n) is 3.19. The molecule has 0 heterocycles. The van der Waals surface area contributed by atoms with Crippen molar-refractivity contribution in [2.75, 3.05) is 26.4 Å². The van der Waals surface area contributed by atoms with Crippen LogP contribution in [0.4, 0.5) is 0 Å². The number of carbonyl (C=O) groups is 1. The van der Waals surface area contributed by atoms with Crippen molar-refractivity contribution in [2.45, 2.75) is 65.5 Å². The molecule has 1 atom stereocenters. The van der Waals surface area contributed by atoms with Crippen LogP contribution in [0.3, 0.4) is 0 Å². The summed E-state index contributed by atoms with van der Waals surface area (Å²) in [7, 11) is 0. The zero-order valence-corrected chi connectivity index (χ0v) is 14.4. The summed E-state index contributed by atoms with van der Waals surface area (Å²) >= 11 is 0. The fourth-order valence-electron chi connectivity index (χ4n) is 2.13. The number of hydrogen-bond acceptors (Lipinski definition) is 4. The minimum absolute atomic E-state index is 0.233. The summed E-state index contributed by atoms with van der Waals surface area (Å²) in [6, 6.07) is 0.233. The Balaban J connectivity index is 3.66. The summed E-state index contributed by atoms with van der Waals surface area (Å²) in [5, 5.41) is 3.25. The van der Waals surface area contributed by atoms with Gasteiger partial charge in [0.25, 0.3) is 0 Å². The summed E-state index contributed by atoms with van der Waals surface area (Å²) in [5.41, 5.74) is 4.86. The van der Waals surface area contributed by atoms with Gasteiger partial charge in [-0.25, -0.2) is 0 Å². The Morgan fingerprint density at radius 2 is 1.71 bits per heavy atom. The quantitative estimate of drug-likeness (QED) is 0.511. The monoisotopic (exact) mass is 302 g/mol. The standard InChI is InChI=1S/C16H34N2O3/c1-13(2)12-21-11-10-20-9-7-6-8-16(5,15(17)19)18-14(3)4/h13-14,18H,6-12H2,1-5H3,(H2,17,19). The molecule has 0 aromatic carbocycles. The predicted octanol–water partition coefficient (Wildman–Crippen LogP) is 2.09. The second kappa shape index (κ2) is 11.0. The first-order valence-corrected chi connectivity index (χ1v) is 8.01. The van der Waals surface area contributed by atoms with Gasteiger partial charge in [-0.1, -0.05) is 13.8 Å². The third-order valence-corrected chi connectivity index (χ3v) is 3.19. The van der Waals surface area contributed by atoms with Gasteiger partial charge < -0.3 is 20.5 Å². The molecule has 0 saturated carbocycles. The Labute approximate surface area is 129 Å². The van der Waals surface area contributed by atoms with E-state index in [9.17, 15) is 4.79 Å². The number of primary amides is 1. The molecule has 3 N–H and O–H groups in total. The first-order valence-electron chi connectivity index (χ1n) is 8.01. The van der Waals surface area contributed by atoms with Gasteiger partial charge in [0.1, 0.15) is 0 Å². The van der Waals surface area contributed by atoms with Gasteiger partial charge >= 0.3 is 0 Å². The van der Waals surface area contributed by atoms with Crippen molar-refractivity contribution >= 4 is 5.91 Å². The number of unbranched alkanes of at least 4 members (excludes halogenated alkanes) is 1. The second-order valence-electron chi connectivity index (χ2n) is 6.53. The molecular formula is C16H34N2O3. The summed E-state index contributed by atoms with van der Waals surface area (Å²) < 4.78 is 10.9. The van der Waals surface area contributed by atoms with E-state index in [-0.39, 0.29) is 11.9 Å². The molecule has 5 heteroatoms. The van der Waals surface area contributed by atoms with Crippen LogP contribution >= 0.6 is 0 Å². The Hall–Kier alpha value is -0.650. The lowest BCUT2D eigenvalue weighted by Gasteiger charge is -2.29. The fraction of sp³-hybridized carbons (Fsp3) is 0.938. The highest BCUT2D eigenvalue weighted by atomic mass is 16.5. The van der Waals surface area contributed by atoms with E-state index in [4.69, 9.17) is 15.2 Å². The average Bonchev–Trinajstić information content (AvgIpc) is 2.35. The molecule has 0 fully saturated rings. The largest absolute Gasteiger partial charge is 0.379 e. The number of nitrogens with two attached hydrogens (primary N) is 1. The molecule has 126 valence electrons. The topological polar surface area (TPSA) is 73.6 Å². The minimum Gasteiger partial charge on any atom is -0.379 e. The number of nitrogens with one attached hydrogen (secondary N) is 1. The van der Waals surface area contributed by atoms with Gasteiger partial charge in [-0.15, -0.1) is 0 Å². The van der Waals surface area contributed by atoms with E-state index in [1.165, 1.54) is 0 Å². The molecule has 0 radical (unpaired) electrons. The van der Waals surface area contributed by atoms with Crippen molar-refractivity contribution < 1.29 is 14.3 Å². The van der Waals surface area contributed by atoms with Crippen molar-refractivity contribution in [1.29, 1.82) is 0 Å². The average molecular weight is 302 g/mol. The predicted molar refractivity (Wildman–Crippen MR) is 86.2 cm³/mol. The molecule has 1 amide bonds. The molecule has 0 aromatic heterocycles. The number of ether oxygens (including phenoxy) is 2. The minimum atomic E-state index is -0.630. The molecule has 0 bridgehead atoms. The van der Waals surface area contributed by atoms with E-state index >= 15 is 0 Å². The maximum absolute atomic E-state index is 11.6. The summed E-state index contributed by atoms with van der Waals surface area (Å²) in [5.74, 6) is 0.268. The van der Waals surface area contributed by atoms with E-state index < -0.39 is 5.54 Å². The molecule has 0 rings (SSSR count). The van der Waals surface area contributed by atoms with E-state index in [0.29, 0.717) is 25.7 Å². The van der Waals surface area contributed by atoms with Gasteiger partial charge in [0.15, 0.2) is 0 Å². The molecule has 0 aliphatic heterocycles. The first-order chi connectivity index (χ1) is 9.78. The fourth-order valence-corrected chi connectivity index (χ4v) is 2.13. The van der Waals surface area contributed by atoms with Crippen LogP contribution in [-0.2, 0) is 14.3 Å². The van der Waals surface area contributed by atoms with E-state index in [0.717, 1.165) is 25.9 Å². The first kappa shape index (κ1) is 20.3. The molecule has 21 heavy (non-hydrogen) atoms. The van der Waals surface area contributed by atoms with Crippen LogP contribution in [0.25, 0.3) is 0 Å². The summed E-state index contributed by atoms with van der Waals surface area (Å²) in [6.45, 7) is 12.9. The van der Waals surface area contributed by atoms with Crippen LogP contribution < -0.4 is 11.1 Å². The third kappa shape index (κ3) is 10.7. The van der Waals surface area contributed by atoms with Crippen molar-refractivity contribution in [1.82, 2.24) is 5.32 Å². The number of carbonyl (C=O) groups excluding carboxylic acids is 1. The zero-order chi connectivity index (χ0) is 16.3. The lowest BCUT2D eigenvalue weighted by molar-refractivity contribution is -0.124. The molecule has 0 spiro atoms. The van der Waals surface area contributed by atoms with Crippen molar-refractivity contribution in [2.24, 2.45) is 11.7 Å². The molecule has 0 aromatic rings. The van der Waals surface area contributed by atoms with Gasteiger partial charge in [0.05, 0.1) is 18.8 Å². The van der Waals surface area contributed by atoms with Crippen LogP contribution in [0.15, 0.2) is 0 Å². The van der Waals surface area contributed by atoms with E-state index in [2.05, 4.69) is 19.2 Å². The van der Waals surface area contributed by atoms with Crippen LogP contribution in [-0.4, -0.2) is 43.9 Å². The van der Waals surface area contributed by atoms with Crippen LogP contribution in [0.1, 0.15) is 53.9 Å². The van der Waals surface area contributed by atoms with Gasteiger partial charge in [0.2, 0.25) is 5.91 Å². The van der Waals surface area contributed by atoms with Crippen molar-refractivity contribution in [3.8, 4) is 0 Å². The molecule has 0 aliphatic carbocycles. The number of rotatable bonds is 13. The van der Waals surface area contributed by atoms with Crippen molar-refractivity contribution in [3.63, 3.8) is 0 Å². The van der Waals surface area contributed by atoms with Gasteiger partial charge in [-0.2, -0.15) is 0 Å². The Morgan fingerprint density at radius 3 is 2.24 bits per heavy atom. The van der Waals surface area contributed by atoms with Gasteiger partial charge in [-0.3, -0.25) is 4.79 Å². The van der Waals surface area contributed by atoms with E-state index in [1.54, 1.807) is 0 Å². The zero-order valence-electron chi connectivity index (χ0n) is 14.4. The maximum atomic E-state index is 11.6. The molecule has 5 nitrogen and oxygen atoms in total. The second-order valence-corrected chi connectivity index (χ2v) is 6.53. The SMILES string of the molecule is CC(C)COCCOCCCCC(C)(NC(C)C)C(N)=O. The van der Waals surface area contributed by atoms with Crippen molar-refractivity contribution in [3.05, 3.63) is 0 Å². The van der Waals surface area contributed by atoms with Crippen LogP contribution in [0, 0.1) is 5.92 Å². The molecular weight excluding hydrogens is 268 g/mol. The normalized spacial score (nSPS) is 14.6. The van der Waals surface area contributed by atoms with Gasteiger partial charge in [0, 0.05) is 19.3 Å². The summed E-state index contributed by atoms with van der Waals surface area (Å²) in [4.78, 5) is 11.6. The lowest BCUT2D eigenvalue weighted by Crippen LogP contribution is -2.55. The molecule has 1 unspecified atom stereocenters. The molecule has 0 aliphatic rings.